The minimum absolute atomic E-state index is 0.0281. The molecule has 174 valence electrons. The highest BCUT2D eigenvalue weighted by molar-refractivity contribution is 5.92. The monoisotopic (exact) mass is 450 g/mol. The van der Waals surface area contributed by atoms with Crippen LogP contribution in [-0.2, 0) is 16.6 Å². The summed E-state index contributed by atoms with van der Waals surface area (Å²) >= 11 is 0. The number of nitrogens with zero attached hydrogens (tertiary/aromatic N) is 4. The largest absolute Gasteiger partial charge is 0.466 e. The van der Waals surface area contributed by atoms with Gasteiger partial charge in [-0.15, -0.1) is 5.10 Å². The first-order valence-corrected chi connectivity index (χ1v) is 11.2. The van der Waals surface area contributed by atoms with Crippen molar-refractivity contribution in [3.8, 4) is 5.88 Å². The zero-order chi connectivity index (χ0) is 23.4. The summed E-state index contributed by atoms with van der Waals surface area (Å²) in [7, 11) is 1.81. The van der Waals surface area contributed by atoms with Gasteiger partial charge in [0.2, 0.25) is 11.8 Å². The number of piperidine rings is 1. The van der Waals surface area contributed by atoms with Crippen molar-refractivity contribution < 1.29 is 14.3 Å². The number of nitrogens with one attached hydrogen (secondary N) is 2. The zero-order valence-electron chi connectivity index (χ0n) is 19.3. The number of hydrogen-bond donors (Lipinski definition) is 2. The van der Waals surface area contributed by atoms with E-state index in [0.717, 1.165) is 53.9 Å². The number of carbonyl (C=O) groups is 2. The quantitative estimate of drug-likeness (QED) is 0.572. The molecule has 9 heteroatoms. The fourth-order valence-corrected chi connectivity index (χ4v) is 4.21. The van der Waals surface area contributed by atoms with Crippen LogP contribution in [0.15, 0.2) is 36.4 Å². The summed E-state index contributed by atoms with van der Waals surface area (Å²) in [6.07, 6.45) is 1.58. The third-order valence-corrected chi connectivity index (χ3v) is 5.80. The van der Waals surface area contributed by atoms with E-state index in [1.165, 1.54) is 0 Å². The zero-order valence-corrected chi connectivity index (χ0v) is 19.3. The Labute approximate surface area is 193 Å². The highest BCUT2D eigenvalue weighted by Crippen LogP contribution is 2.27. The molecule has 33 heavy (non-hydrogen) atoms. The second-order valence-electron chi connectivity index (χ2n) is 8.53. The van der Waals surface area contributed by atoms with Gasteiger partial charge in [0.25, 0.3) is 5.91 Å². The first-order valence-electron chi connectivity index (χ1n) is 11.2. The maximum absolute atomic E-state index is 12.5. The van der Waals surface area contributed by atoms with Gasteiger partial charge in [-0.1, -0.05) is 18.2 Å². The Balaban J connectivity index is 1.22. The number of benzene rings is 1. The molecule has 1 fully saturated rings. The number of fused-ring (bicyclic) bond motifs is 1. The summed E-state index contributed by atoms with van der Waals surface area (Å²) in [5.74, 6) is 0.221. The van der Waals surface area contributed by atoms with E-state index in [0.29, 0.717) is 12.4 Å². The van der Waals surface area contributed by atoms with Crippen LogP contribution in [0.3, 0.4) is 0 Å². The van der Waals surface area contributed by atoms with E-state index in [1.54, 1.807) is 4.68 Å². The molecule has 3 heterocycles. The summed E-state index contributed by atoms with van der Waals surface area (Å²) in [6.45, 7) is 5.68. The first kappa shape index (κ1) is 22.7. The highest BCUT2D eigenvalue weighted by atomic mass is 16.5. The molecule has 0 atom stereocenters. The number of ether oxygens (including phenoxy) is 1. The van der Waals surface area contributed by atoms with Gasteiger partial charge in [-0.3, -0.25) is 14.5 Å². The molecule has 2 amide bonds. The summed E-state index contributed by atoms with van der Waals surface area (Å²) in [5.41, 5.74) is 3.47. The molecule has 4 rings (SSSR count). The molecule has 0 spiro atoms. The average molecular weight is 451 g/mol. The lowest BCUT2D eigenvalue weighted by molar-refractivity contribution is -0.124. The molecule has 0 unspecified atom stereocenters. The maximum atomic E-state index is 12.5. The predicted molar refractivity (Wildman–Crippen MR) is 126 cm³/mol. The minimum atomic E-state index is -0.174. The van der Waals surface area contributed by atoms with E-state index in [4.69, 9.17) is 4.74 Å². The van der Waals surface area contributed by atoms with Gasteiger partial charge in [-0.2, -0.15) is 0 Å². The number of likely N-dealkylation sites (tertiary alicyclic amines) is 1. The molecule has 1 saturated heterocycles. The topological polar surface area (TPSA) is 101 Å². The Morgan fingerprint density at radius 1 is 1.12 bits per heavy atom. The molecule has 2 aromatic heterocycles. The Kier molecular flexibility index (Phi) is 6.88. The van der Waals surface area contributed by atoms with Crippen molar-refractivity contribution in [3.05, 3.63) is 47.7 Å². The molecular formula is C24H30N6O3. The lowest BCUT2D eigenvalue weighted by Crippen LogP contribution is -2.47. The van der Waals surface area contributed by atoms with Gasteiger partial charge in [0.15, 0.2) is 12.3 Å². The number of pyridine rings is 1. The third kappa shape index (κ3) is 5.67. The van der Waals surface area contributed by atoms with Gasteiger partial charge < -0.3 is 15.4 Å². The Morgan fingerprint density at radius 2 is 1.85 bits per heavy atom. The van der Waals surface area contributed by atoms with E-state index < -0.39 is 0 Å². The van der Waals surface area contributed by atoms with Crippen molar-refractivity contribution in [1.29, 1.82) is 0 Å². The van der Waals surface area contributed by atoms with Gasteiger partial charge in [0.05, 0.1) is 11.9 Å². The van der Waals surface area contributed by atoms with Crippen molar-refractivity contribution in [2.45, 2.75) is 32.7 Å². The summed E-state index contributed by atoms with van der Waals surface area (Å²) in [4.78, 5) is 31.3. The molecule has 1 aliphatic heterocycles. The fraction of sp³-hybridized carbons (Fsp3) is 0.417. The molecule has 0 saturated carbocycles. The molecule has 1 aromatic carbocycles. The number of hydrogen-bond acceptors (Lipinski definition) is 6. The lowest BCUT2D eigenvalue weighted by Gasteiger charge is -2.31. The van der Waals surface area contributed by atoms with Crippen molar-refractivity contribution >= 4 is 28.5 Å². The Hall–Kier alpha value is -3.46. The molecule has 2 N–H and O–H groups in total. The highest BCUT2D eigenvalue weighted by Gasteiger charge is 2.23. The molecule has 9 nitrogen and oxygen atoms in total. The van der Waals surface area contributed by atoms with Crippen LogP contribution < -0.4 is 15.4 Å². The number of carbonyl (C=O) groups excluding carboxylic acids is 2. The predicted octanol–water partition coefficient (Wildman–Crippen LogP) is 2.18. The number of aromatic nitrogens is 3. The van der Waals surface area contributed by atoms with Crippen LogP contribution in [0.5, 0.6) is 5.88 Å². The second-order valence-corrected chi connectivity index (χ2v) is 8.53. The van der Waals surface area contributed by atoms with Crippen molar-refractivity contribution in [3.63, 3.8) is 0 Å². The average Bonchev–Trinajstić information content (AvgIpc) is 3.10. The van der Waals surface area contributed by atoms with Gasteiger partial charge in [-0.05, 0) is 50.5 Å². The minimum Gasteiger partial charge on any atom is -0.466 e. The number of aryl methyl sites for hydroxylation is 3. The Morgan fingerprint density at radius 3 is 2.58 bits per heavy atom. The molecule has 0 aliphatic carbocycles. The van der Waals surface area contributed by atoms with Crippen LogP contribution in [0.2, 0.25) is 0 Å². The number of amides is 2. The number of anilines is 1. The van der Waals surface area contributed by atoms with Crippen LogP contribution in [0.4, 0.5) is 5.69 Å². The molecule has 0 bridgehead atoms. The lowest BCUT2D eigenvalue weighted by atomic mass is 10.1. The van der Waals surface area contributed by atoms with Crippen LogP contribution in [0, 0.1) is 13.8 Å². The molecule has 0 radical (unpaired) electrons. The van der Waals surface area contributed by atoms with Crippen molar-refractivity contribution in [2.24, 2.45) is 7.05 Å². The number of para-hydroxylation sites is 1. The van der Waals surface area contributed by atoms with Crippen LogP contribution in [0.1, 0.15) is 24.1 Å². The van der Waals surface area contributed by atoms with Crippen molar-refractivity contribution in [1.82, 2.24) is 25.0 Å². The van der Waals surface area contributed by atoms with E-state index >= 15 is 0 Å². The van der Waals surface area contributed by atoms with Crippen molar-refractivity contribution in [2.75, 3.05) is 31.6 Å². The van der Waals surface area contributed by atoms with Gasteiger partial charge in [-0.25, -0.2) is 9.67 Å². The van der Waals surface area contributed by atoms with Crippen LogP contribution in [-0.4, -0.2) is 63.8 Å². The summed E-state index contributed by atoms with van der Waals surface area (Å²) < 4.78 is 7.42. The smallest absolute Gasteiger partial charge is 0.258 e. The summed E-state index contributed by atoms with van der Waals surface area (Å²) in [5, 5.41) is 11.2. The summed E-state index contributed by atoms with van der Waals surface area (Å²) in [6, 6.07) is 11.5. The standard InChI is InChI=1S/C24H30N6O3/c1-16-13-17(2)25-23-22(16)24(28-29(23)3)33-15-21(32)27-19-9-11-30(12-10-19)14-20(31)26-18-7-5-4-6-8-18/h4-8,13,19H,9-12,14-15H2,1-3H3,(H,26,31)(H,27,32). The SMILES string of the molecule is Cc1cc(C)c2c(OCC(=O)NC3CCN(CC(=O)Nc4ccccc4)CC3)nn(C)c2n1. The van der Waals surface area contributed by atoms with E-state index in [-0.39, 0.29) is 24.5 Å². The normalized spacial score (nSPS) is 14.9. The Bertz CT molecular complexity index is 1140. The first-order chi connectivity index (χ1) is 15.9. The van der Waals surface area contributed by atoms with E-state index in [9.17, 15) is 9.59 Å². The molecule has 3 aromatic rings. The van der Waals surface area contributed by atoms with Gasteiger partial charge in [0.1, 0.15) is 0 Å². The van der Waals surface area contributed by atoms with Gasteiger partial charge in [0, 0.05) is 37.6 Å². The number of rotatable bonds is 7. The fourth-order valence-electron chi connectivity index (χ4n) is 4.21. The van der Waals surface area contributed by atoms with E-state index in [1.807, 2.05) is 57.3 Å². The molecular weight excluding hydrogens is 420 g/mol. The molecule has 1 aliphatic rings. The third-order valence-electron chi connectivity index (χ3n) is 5.80. The maximum Gasteiger partial charge on any atom is 0.258 e. The van der Waals surface area contributed by atoms with Crippen LogP contribution in [0.25, 0.3) is 11.0 Å². The van der Waals surface area contributed by atoms with Gasteiger partial charge >= 0.3 is 0 Å². The van der Waals surface area contributed by atoms with E-state index in [2.05, 4.69) is 25.6 Å². The second kappa shape index (κ2) is 9.99. The van der Waals surface area contributed by atoms with Crippen LogP contribution >= 0.6 is 0 Å².